The summed E-state index contributed by atoms with van der Waals surface area (Å²) >= 11 is 0. The first-order valence-electron chi connectivity index (χ1n) is 14.8. The Labute approximate surface area is 222 Å². The summed E-state index contributed by atoms with van der Waals surface area (Å²) in [6, 6.07) is 17.7. The van der Waals surface area contributed by atoms with Crippen LogP contribution in [0.15, 0.2) is 48.5 Å². The van der Waals surface area contributed by atoms with Crippen molar-refractivity contribution in [2.45, 2.75) is 94.6 Å². The van der Waals surface area contributed by atoms with Crippen LogP contribution in [-0.4, -0.2) is 48.6 Å². The van der Waals surface area contributed by atoms with Gasteiger partial charge < -0.3 is 9.47 Å². The highest BCUT2D eigenvalue weighted by atomic mass is 16.5. The minimum Gasteiger partial charge on any atom is -0.493 e. The number of unbranched alkanes of at least 4 members (excludes halogenated alkanes) is 1. The molecular weight excluding hydrogens is 458 g/mol. The number of carbonyl (C=O) groups is 1. The van der Waals surface area contributed by atoms with Gasteiger partial charge in [-0.3, -0.25) is 9.69 Å². The number of ether oxygens (including phenoxy) is 2. The minimum absolute atomic E-state index is 0.282. The lowest BCUT2D eigenvalue weighted by Crippen LogP contribution is -2.74. The van der Waals surface area contributed by atoms with Gasteiger partial charge in [-0.15, -0.1) is 0 Å². The molecule has 1 aliphatic heterocycles. The van der Waals surface area contributed by atoms with E-state index in [2.05, 4.69) is 60.4 Å². The maximum atomic E-state index is 13.2. The summed E-state index contributed by atoms with van der Waals surface area (Å²) in [5, 5.41) is 0. The molecule has 0 N–H and O–H groups in total. The van der Waals surface area contributed by atoms with Crippen LogP contribution >= 0.6 is 0 Å². The van der Waals surface area contributed by atoms with Crippen molar-refractivity contribution in [1.82, 2.24) is 4.90 Å². The average molecular weight is 502 g/mol. The fraction of sp³-hybridized carbons (Fsp3) is 0.606. The van der Waals surface area contributed by atoms with E-state index in [-0.39, 0.29) is 11.0 Å². The number of carbonyl (C=O) groups excluding carboxylic acids is 1. The van der Waals surface area contributed by atoms with E-state index < -0.39 is 0 Å². The van der Waals surface area contributed by atoms with Crippen molar-refractivity contribution < 1.29 is 14.3 Å². The van der Waals surface area contributed by atoms with Crippen molar-refractivity contribution in [3.05, 3.63) is 65.2 Å². The number of piperidine rings is 1. The summed E-state index contributed by atoms with van der Waals surface area (Å²) in [5.41, 5.74) is 3.47. The van der Waals surface area contributed by atoms with Crippen LogP contribution in [0.25, 0.3) is 0 Å². The second-order valence-corrected chi connectivity index (χ2v) is 12.0. The van der Waals surface area contributed by atoms with Crippen molar-refractivity contribution in [2.75, 3.05) is 26.3 Å². The third-order valence-corrected chi connectivity index (χ3v) is 9.65. The molecule has 4 aliphatic rings. The number of fused-ring (bicyclic) bond motifs is 1. The second-order valence-electron chi connectivity index (χ2n) is 12.0. The van der Waals surface area contributed by atoms with Crippen molar-refractivity contribution in [3.63, 3.8) is 0 Å². The first-order valence-corrected chi connectivity index (χ1v) is 14.8. The smallest absolute Gasteiger partial charge is 0.134 e. The molecule has 3 atom stereocenters. The zero-order valence-corrected chi connectivity index (χ0v) is 22.6. The van der Waals surface area contributed by atoms with E-state index in [0.29, 0.717) is 24.7 Å². The molecule has 0 spiro atoms. The Kier molecular flexibility index (Phi) is 7.15. The van der Waals surface area contributed by atoms with Crippen LogP contribution in [0.2, 0.25) is 0 Å². The summed E-state index contributed by atoms with van der Waals surface area (Å²) in [4.78, 5) is 16.0. The molecule has 1 heterocycles. The fourth-order valence-electron chi connectivity index (χ4n) is 7.71. The average Bonchev–Trinajstić information content (AvgIpc) is 3.73. The van der Waals surface area contributed by atoms with E-state index in [0.717, 1.165) is 76.4 Å². The highest BCUT2D eigenvalue weighted by Crippen LogP contribution is 2.61. The molecule has 3 aliphatic carbocycles. The molecule has 37 heavy (non-hydrogen) atoms. The molecule has 2 unspecified atom stereocenters. The quantitative estimate of drug-likeness (QED) is 0.340. The number of aryl methyl sites for hydroxylation is 1. The van der Waals surface area contributed by atoms with Crippen LogP contribution in [0, 0.1) is 5.92 Å². The molecule has 2 bridgehead atoms. The third kappa shape index (κ3) is 4.65. The van der Waals surface area contributed by atoms with Crippen LogP contribution in [0.4, 0.5) is 0 Å². The predicted octanol–water partition coefficient (Wildman–Crippen LogP) is 6.28. The topological polar surface area (TPSA) is 38.8 Å². The van der Waals surface area contributed by atoms with E-state index >= 15 is 0 Å². The summed E-state index contributed by atoms with van der Waals surface area (Å²) in [6.07, 6.45) is 11.0. The molecule has 4 nitrogen and oxygen atoms in total. The number of Topliss-reactive ketones (excluding diaryl/α,β-unsaturated/α-hetero) is 1. The number of ketones is 1. The lowest BCUT2D eigenvalue weighted by Gasteiger charge is -2.65. The van der Waals surface area contributed by atoms with Gasteiger partial charge in [0.1, 0.15) is 11.5 Å². The maximum Gasteiger partial charge on any atom is 0.134 e. The van der Waals surface area contributed by atoms with Crippen LogP contribution in [0.3, 0.4) is 0 Å². The Morgan fingerprint density at radius 3 is 2.68 bits per heavy atom. The van der Waals surface area contributed by atoms with Gasteiger partial charge in [-0.2, -0.15) is 0 Å². The number of benzene rings is 2. The second kappa shape index (κ2) is 10.5. The predicted molar refractivity (Wildman–Crippen MR) is 147 cm³/mol. The molecule has 2 aromatic carbocycles. The SMILES string of the molecule is CCCCOc1cccc2c1C13CCN(CC4CC4)C(C2)[C@]1(OCCCc1ccccc1)CCC(=O)C3. The number of hydrogen-bond acceptors (Lipinski definition) is 4. The molecule has 0 aromatic heterocycles. The van der Waals surface area contributed by atoms with Crippen molar-refractivity contribution in [3.8, 4) is 5.75 Å². The van der Waals surface area contributed by atoms with Gasteiger partial charge in [-0.25, -0.2) is 0 Å². The Hall–Kier alpha value is -2.17. The van der Waals surface area contributed by atoms with Gasteiger partial charge in [0.15, 0.2) is 0 Å². The highest BCUT2D eigenvalue weighted by molar-refractivity contribution is 5.83. The lowest BCUT2D eigenvalue weighted by molar-refractivity contribution is -0.201. The molecule has 3 fully saturated rings. The molecule has 0 radical (unpaired) electrons. The zero-order valence-electron chi connectivity index (χ0n) is 22.6. The van der Waals surface area contributed by atoms with Crippen molar-refractivity contribution in [2.24, 2.45) is 5.92 Å². The first-order chi connectivity index (χ1) is 18.1. The van der Waals surface area contributed by atoms with Gasteiger partial charge in [-0.05, 0) is 81.0 Å². The van der Waals surface area contributed by atoms with Crippen molar-refractivity contribution >= 4 is 5.78 Å². The Balaban J connectivity index is 1.36. The van der Waals surface area contributed by atoms with E-state index in [1.165, 1.54) is 36.1 Å². The normalized spacial score (nSPS) is 29.0. The lowest BCUT2D eigenvalue weighted by atomic mass is 9.49. The molecule has 0 amide bonds. The van der Waals surface area contributed by atoms with Gasteiger partial charge >= 0.3 is 0 Å². The molecule has 6 rings (SSSR count). The standard InChI is InChI=1S/C33H43NO3/c1-2-3-20-36-29-13-7-12-27-22-30-33(37-21-8-11-25-9-5-4-6-10-25)17-16-28(35)23-32(33,31(27)29)18-19-34(30)24-26-14-15-26/h4-7,9-10,12-13,26,30H,2-3,8,11,14-24H2,1H3/t30?,32?,33-/m1/s1. The minimum atomic E-state index is -0.318. The third-order valence-electron chi connectivity index (χ3n) is 9.65. The number of nitrogens with zero attached hydrogens (tertiary/aromatic N) is 1. The largest absolute Gasteiger partial charge is 0.493 e. The summed E-state index contributed by atoms with van der Waals surface area (Å²) in [5.74, 6) is 2.25. The molecule has 198 valence electrons. The number of rotatable bonds is 11. The fourth-order valence-corrected chi connectivity index (χ4v) is 7.71. The first kappa shape index (κ1) is 25.1. The van der Waals surface area contributed by atoms with Gasteiger partial charge in [0.05, 0.1) is 12.2 Å². The van der Waals surface area contributed by atoms with Crippen LogP contribution in [0.5, 0.6) is 5.75 Å². The summed E-state index contributed by atoms with van der Waals surface area (Å²) in [7, 11) is 0. The summed E-state index contributed by atoms with van der Waals surface area (Å²) in [6.45, 7) is 5.93. The van der Waals surface area contributed by atoms with Crippen molar-refractivity contribution in [1.29, 1.82) is 0 Å². The maximum absolute atomic E-state index is 13.2. The zero-order chi connectivity index (χ0) is 25.3. The summed E-state index contributed by atoms with van der Waals surface area (Å²) < 4.78 is 13.7. The number of likely N-dealkylation sites (tertiary alicyclic amines) is 1. The van der Waals surface area contributed by atoms with Gasteiger partial charge in [0.25, 0.3) is 0 Å². The molecule has 1 saturated heterocycles. The van der Waals surface area contributed by atoms with E-state index in [4.69, 9.17) is 9.47 Å². The Bertz CT molecular complexity index is 1100. The van der Waals surface area contributed by atoms with Gasteiger partial charge in [0, 0.05) is 43.0 Å². The monoisotopic (exact) mass is 501 g/mol. The Morgan fingerprint density at radius 1 is 1.00 bits per heavy atom. The van der Waals surface area contributed by atoms with E-state index in [9.17, 15) is 4.79 Å². The molecule has 2 saturated carbocycles. The molecular formula is C33H43NO3. The Morgan fingerprint density at radius 2 is 1.86 bits per heavy atom. The van der Waals surface area contributed by atoms with E-state index in [1.54, 1.807) is 0 Å². The number of hydrogen-bond donors (Lipinski definition) is 0. The van der Waals surface area contributed by atoms with E-state index in [1.807, 2.05) is 0 Å². The molecule has 4 heteroatoms. The molecule has 2 aromatic rings. The van der Waals surface area contributed by atoms with Crippen LogP contribution < -0.4 is 4.74 Å². The van der Waals surface area contributed by atoms with Crippen LogP contribution in [0.1, 0.15) is 81.4 Å². The van der Waals surface area contributed by atoms with Gasteiger partial charge in [0.2, 0.25) is 0 Å². The highest BCUT2D eigenvalue weighted by Gasteiger charge is 2.67. The van der Waals surface area contributed by atoms with Crippen LogP contribution in [-0.2, 0) is 27.8 Å². The van der Waals surface area contributed by atoms with Gasteiger partial charge in [-0.1, -0.05) is 55.8 Å².